The van der Waals surface area contributed by atoms with Crippen molar-refractivity contribution in [3.8, 4) is 0 Å². The highest BCUT2D eigenvalue weighted by Crippen LogP contribution is 2.36. The van der Waals surface area contributed by atoms with E-state index in [-0.39, 0.29) is 12.2 Å². The zero-order valence-electron chi connectivity index (χ0n) is 13.0. The van der Waals surface area contributed by atoms with Gasteiger partial charge in [-0.15, -0.1) is 0 Å². The first-order valence-electron chi connectivity index (χ1n) is 7.68. The van der Waals surface area contributed by atoms with Gasteiger partial charge in [0.1, 0.15) is 5.60 Å². The maximum absolute atomic E-state index is 12.2. The Balaban J connectivity index is 2.20. The van der Waals surface area contributed by atoms with Gasteiger partial charge in [0.05, 0.1) is 0 Å². The first kappa shape index (κ1) is 16.4. The lowest BCUT2D eigenvalue weighted by Gasteiger charge is -2.23. The fourth-order valence-corrected chi connectivity index (χ4v) is 2.60. The van der Waals surface area contributed by atoms with Crippen molar-refractivity contribution >= 4 is 17.8 Å². The van der Waals surface area contributed by atoms with Gasteiger partial charge in [-0.05, 0) is 30.5 Å². The third kappa shape index (κ3) is 3.45. The van der Waals surface area contributed by atoms with Crippen LogP contribution in [0, 0.1) is 0 Å². The lowest BCUT2D eigenvalue weighted by atomic mass is 9.90. The van der Waals surface area contributed by atoms with Crippen LogP contribution in [0.5, 0.6) is 0 Å². The van der Waals surface area contributed by atoms with Gasteiger partial charge >= 0.3 is 5.97 Å². The minimum Gasteiger partial charge on any atom is -0.479 e. The summed E-state index contributed by atoms with van der Waals surface area (Å²) < 4.78 is 5.53. The summed E-state index contributed by atoms with van der Waals surface area (Å²) in [6.07, 6.45) is 6.33. The van der Waals surface area contributed by atoms with E-state index in [9.17, 15) is 9.59 Å². The first-order chi connectivity index (χ1) is 10.5. The maximum Gasteiger partial charge on any atom is 0.333 e. The fourth-order valence-electron chi connectivity index (χ4n) is 2.60. The summed E-state index contributed by atoms with van der Waals surface area (Å²) >= 11 is 0. The summed E-state index contributed by atoms with van der Waals surface area (Å²) in [6.45, 7) is 3.80. The minimum absolute atomic E-state index is 0.0810. The maximum atomic E-state index is 12.2. The number of allylic oxidation sites excluding steroid dienone is 1. The number of ether oxygens (including phenoxy) is 1. The van der Waals surface area contributed by atoms with Gasteiger partial charge in [-0.1, -0.05) is 50.1 Å². The molecule has 1 aliphatic heterocycles. The van der Waals surface area contributed by atoms with Crippen molar-refractivity contribution in [3.63, 3.8) is 0 Å². The third-order valence-electron chi connectivity index (χ3n) is 4.03. The molecule has 0 amide bonds. The van der Waals surface area contributed by atoms with E-state index in [0.29, 0.717) is 5.56 Å². The molecule has 1 fully saturated rings. The number of rotatable bonds is 6. The molecule has 2 unspecified atom stereocenters. The molecule has 1 N–H and O–H groups in total. The van der Waals surface area contributed by atoms with Gasteiger partial charge in [-0.2, -0.15) is 0 Å². The van der Waals surface area contributed by atoms with Gasteiger partial charge in [0.15, 0.2) is 11.9 Å². The zero-order chi connectivity index (χ0) is 16.2. The molecule has 1 aromatic carbocycles. The Bertz CT molecular complexity index is 591. The summed E-state index contributed by atoms with van der Waals surface area (Å²) in [5.41, 5.74) is 0.528. The molecule has 1 heterocycles. The molecular weight excluding hydrogens is 280 g/mol. The van der Waals surface area contributed by atoms with Crippen LogP contribution in [-0.4, -0.2) is 23.0 Å². The Kier molecular flexibility index (Phi) is 5.14. The molecule has 2 atom stereocenters. The topological polar surface area (TPSA) is 63.6 Å². The van der Waals surface area contributed by atoms with E-state index in [2.05, 4.69) is 13.0 Å². The lowest BCUT2D eigenvalue weighted by Crippen LogP contribution is -2.30. The van der Waals surface area contributed by atoms with Gasteiger partial charge in [0, 0.05) is 6.42 Å². The van der Waals surface area contributed by atoms with Crippen LogP contribution in [0.25, 0.3) is 6.08 Å². The average Bonchev–Trinajstić information content (AvgIpc) is 2.81. The summed E-state index contributed by atoms with van der Waals surface area (Å²) in [5, 5.41) is 9.04. The predicted octanol–water partition coefficient (Wildman–Crippen LogP) is 3.55. The van der Waals surface area contributed by atoms with Crippen molar-refractivity contribution in [2.75, 3.05) is 0 Å². The number of ketones is 1. The molecule has 0 aromatic heterocycles. The van der Waals surface area contributed by atoms with Crippen molar-refractivity contribution < 1.29 is 19.4 Å². The number of Topliss-reactive ketones (excluding diaryl/α,β-unsaturated/α-hetero) is 1. The monoisotopic (exact) mass is 302 g/mol. The molecule has 118 valence electrons. The molecule has 0 aliphatic carbocycles. The highest BCUT2D eigenvalue weighted by molar-refractivity contribution is 5.94. The highest BCUT2D eigenvalue weighted by Gasteiger charge is 2.48. The lowest BCUT2D eigenvalue weighted by molar-refractivity contribution is -0.155. The molecule has 4 heteroatoms. The number of aliphatic carboxylic acids is 1. The molecule has 0 spiro atoms. The average molecular weight is 302 g/mol. The number of carbonyl (C=O) groups excluding carboxylic acids is 1. The summed E-state index contributed by atoms with van der Waals surface area (Å²) in [5.74, 6) is -1.28. The van der Waals surface area contributed by atoms with E-state index in [1.54, 1.807) is 6.92 Å². The molecule has 1 aliphatic rings. The molecule has 1 aromatic rings. The smallest absolute Gasteiger partial charge is 0.333 e. The normalized spacial score (nSPS) is 25.0. The van der Waals surface area contributed by atoms with Gasteiger partial charge < -0.3 is 9.84 Å². The van der Waals surface area contributed by atoms with Gasteiger partial charge in [0.25, 0.3) is 0 Å². The second kappa shape index (κ2) is 6.88. The van der Waals surface area contributed by atoms with Crippen molar-refractivity contribution in [2.24, 2.45) is 0 Å². The van der Waals surface area contributed by atoms with E-state index in [1.165, 1.54) is 0 Å². The predicted molar refractivity (Wildman–Crippen MR) is 84.5 cm³/mol. The molecule has 0 bridgehead atoms. The van der Waals surface area contributed by atoms with Crippen LogP contribution >= 0.6 is 0 Å². The number of carbonyl (C=O) groups is 2. The molecule has 22 heavy (non-hydrogen) atoms. The Morgan fingerprint density at radius 3 is 2.91 bits per heavy atom. The fraction of sp³-hybridized carbons (Fsp3) is 0.444. The standard InChI is InChI=1S/C18H22O4/c1-3-4-5-6-8-13-9-7-10-14(11-13)18(2)16(19)12-15(22-18)17(20)21/h6-11,15H,3-5,12H2,1-2H3,(H,20,21)/b8-6+. The van der Waals surface area contributed by atoms with E-state index in [0.717, 1.165) is 24.8 Å². The highest BCUT2D eigenvalue weighted by atomic mass is 16.5. The second-order valence-corrected chi connectivity index (χ2v) is 5.78. The van der Waals surface area contributed by atoms with Crippen molar-refractivity contribution in [1.82, 2.24) is 0 Å². The number of hydrogen-bond acceptors (Lipinski definition) is 3. The van der Waals surface area contributed by atoms with Crippen LogP contribution in [-0.2, 0) is 19.9 Å². The Morgan fingerprint density at radius 1 is 1.50 bits per heavy atom. The minimum atomic E-state index is -1.17. The van der Waals surface area contributed by atoms with Crippen LogP contribution in [0.4, 0.5) is 0 Å². The van der Waals surface area contributed by atoms with E-state index in [1.807, 2.05) is 30.3 Å². The molecule has 4 nitrogen and oxygen atoms in total. The zero-order valence-corrected chi connectivity index (χ0v) is 13.0. The van der Waals surface area contributed by atoms with Crippen LogP contribution in [0.1, 0.15) is 50.7 Å². The van der Waals surface area contributed by atoms with Crippen molar-refractivity contribution in [2.45, 2.75) is 51.2 Å². The number of carboxylic acid groups (broad SMARTS) is 1. The molecule has 0 saturated carbocycles. The molecule has 0 radical (unpaired) electrons. The Morgan fingerprint density at radius 2 is 2.27 bits per heavy atom. The second-order valence-electron chi connectivity index (χ2n) is 5.78. The van der Waals surface area contributed by atoms with Crippen molar-refractivity contribution in [1.29, 1.82) is 0 Å². The number of carboxylic acids is 1. The summed E-state index contributed by atoms with van der Waals surface area (Å²) in [6, 6.07) is 7.53. The van der Waals surface area contributed by atoms with Crippen LogP contribution < -0.4 is 0 Å². The summed E-state index contributed by atoms with van der Waals surface area (Å²) in [4.78, 5) is 23.3. The van der Waals surface area contributed by atoms with Crippen LogP contribution in [0.15, 0.2) is 30.3 Å². The molecular formula is C18H22O4. The quantitative estimate of drug-likeness (QED) is 0.816. The number of hydrogen-bond donors (Lipinski definition) is 1. The number of unbranched alkanes of at least 4 members (excludes halogenated alkanes) is 2. The van der Waals surface area contributed by atoms with Crippen LogP contribution in [0.3, 0.4) is 0 Å². The van der Waals surface area contributed by atoms with Gasteiger partial charge in [0.2, 0.25) is 0 Å². The van der Waals surface area contributed by atoms with Gasteiger partial charge in [-0.3, -0.25) is 4.79 Å². The summed E-state index contributed by atoms with van der Waals surface area (Å²) in [7, 11) is 0. The van der Waals surface area contributed by atoms with Gasteiger partial charge in [-0.25, -0.2) is 4.79 Å². The number of benzene rings is 1. The SMILES string of the molecule is CCCC/C=C/c1cccc(C2(C)OC(C(=O)O)CC2=O)c1. The third-order valence-corrected chi connectivity index (χ3v) is 4.03. The Hall–Kier alpha value is -1.94. The van der Waals surface area contributed by atoms with E-state index in [4.69, 9.17) is 9.84 Å². The molecule has 2 rings (SSSR count). The van der Waals surface area contributed by atoms with E-state index >= 15 is 0 Å². The first-order valence-corrected chi connectivity index (χ1v) is 7.68. The largest absolute Gasteiger partial charge is 0.479 e. The molecule has 1 saturated heterocycles. The Labute approximate surface area is 130 Å². The van der Waals surface area contributed by atoms with Crippen molar-refractivity contribution in [3.05, 3.63) is 41.5 Å². The van der Waals surface area contributed by atoms with Crippen LogP contribution in [0.2, 0.25) is 0 Å². The van der Waals surface area contributed by atoms with E-state index < -0.39 is 17.7 Å².